The number of likely N-dealkylation sites (N-methyl/N-ethyl adjacent to an activating group) is 1. The van der Waals surface area contributed by atoms with Gasteiger partial charge in [0, 0.05) is 19.6 Å². The molecule has 1 atom stereocenters. The Balaban J connectivity index is 1.99. The number of nitrogens with zero attached hydrogens (tertiary/aromatic N) is 2. The maximum Gasteiger partial charge on any atom is 0.0104 e. The average molecular weight is 213 g/mol. The van der Waals surface area contributed by atoms with Crippen molar-refractivity contribution >= 4 is 0 Å². The summed E-state index contributed by atoms with van der Waals surface area (Å²) in [6.07, 6.45) is 2.78. The Kier molecular flexibility index (Phi) is 6.22. The number of piperidine rings is 1. The fraction of sp³-hybridized carbons (Fsp3) is 1.00. The monoisotopic (exact) mass is 213 g/mol. The SMILES string of the molecule is CCN(C)CCNCC1CCCN(C)C1. The second kappa shape index (κ2) is 7.20. The van der Waals surface area contributed by atoms with Crippen molar-refractivity contribution in [3.8, 4) is 0 Å². The van der Waals surface area contributed by atoms with Crippen LogP contribution in [-0.4, -0.2) is 63.2 Å². The number of likely N-dealkylation sites (tertiary alicyclic amines) is 1. The summed E-state index contributed by atoms with van der Waals surface area (Å²) in [4.78, 5) is 4.80. The van der Waals surface area contributed by atoms with E-state index in [1.54, 1.807) is 0 Å². The molecule has 1 fully saturated rings. The lowest BCUT2D eigenvalue weighted by molar-refractivity contribution is 0.205. The van der Waals surface area contributed by atoms with Crippen molar-refractivity contribution in [1.82, 2.24) is 15.1 Å². The first-order chi connectivity index (χ1) is 7.22. The first kappa shape index (κ1) is 12.9. The minimum atomic E-state index is 0.871. The van der Waals surface area contributed by atoms with E-state index in [-0.39, 0.29) is 0 Å². The smallest absolute Gasteiger partial charge is 0.0104 e. The highest BCUT2D eigenvalue weighted by Gasteiger charge is 2.16. The Morgan fingerprint density at radius 1 is 1.47 bits per heavy atom. The van der Waals surface area contributed by atoms with E-state index in [4.69, 9.17) is 0 Å². The molecule has 0 saturated carbocycles. The van der Waals surface area contributed by atoms with Gasteiger partial charge < -0.3 is 15.1 Å². The largest absolute Gasteiger partial charge is 0.315 e. The van der Waals surface area contributed by atoms with Crippen LogP contribution in [0.15, 0.2) is 0 Å². The van der Waals surface area contributed by atoms with E-state index in [0.29, 0.717) is 0 Å². The molecule has 1 aliphatic heterocycles. The highest BCUT2D eigenvalue weighted by molar-refractivity contribution is 4.72. The molecule has 0 bridgehead atoms. The van der Waals surface area contributed by atoms with Gasteiger partial charge in [-0.2, -0.15) is 0 Å². The van der Waals surface area contributed by atoms with Gasteiger partial charge in [-0.25, -0.2) is 0 Å². The molecular formula is C12H27N3. The molecule has 15 heavy (non-hydrogen) atoms. The van der Waals surface area contributed by atoms with E-state index in [1.165, 1.54) is 39.0 Å². The van der Waals surface area contributed by atoms with Crippen molar-refractivity contribution in [3.05, 3.63) is 0 Å². The van der Waals surface area contributed by atoms with Gasteiger partial charge in [0.2, 0.25) is 0 Å². The fourth-order valence-electron chi connectivity index (χ4n) is 2.17. The van der Waals surface area contributed by atoms with Crippen molar-refractivity contribution < 1.29 is 0 Å². The van der Waals surface area contributed by atoms with Gasteiger partial charge in [0.05, 0.1) is 0 Å². The summed E-state index contributed by atoms with van der Waals surface area (Å²) in [5.74, 6) is 0.871. The van der Waals surface area contributed by atoms with Crippen LogP contribution in [0.25, 0.3) is 0 Å². The zero-order chi connectivity index (χ0) is 11.1. The molecule has 1 aliphatic rings. The van der Waals surface area contributed by atoms with E-state index in [0.717, 1.165) is 19.0 Å². The van der Waals surface area contributed by atoms with Gasteiger partial charge in [-0.1, -0.05) is 6.92 Å². The minimum Gasteiger partial charge on any atom is -0.315 e. The van der Waals surface area contributed by atoms with Crippen LogP contribution in [-0.2, 0) is 0 Å². The molecular weight excluding hydrogens is 186 g/mol. The highest BCUT2D eigenvalue weighted by Crippen LogP contribution is 2.13. The third-order valence-electron chi connectivity index (χ3n) is 3.37. The molecule has 1 N–H and O–H groups in total. The van der Waals surface area contributed by atoms with E-state index >= 15 is 0 Å². The lowest BCUT2D eigenvalue weighted by Gasteiger charge is -2.30. The third kappa shape index (κ3) is 5.50. The quantitative estimate of drug-likeness (QED) is 0.661. The molecule has 0 spiro atoms. The molecule has 0 aliphatic carbocycles. The highest BCUT2D eigenvalue weighted by atomic mass is 15.1. The second-order valence-electron chi connectivity index (χ2n) is 4.87. The Morgan fingerprint density at radius 2 is 2.27 bits per heavy atom. The molecule has 0 aromatic carbocycles. The number of rotatable bonds is 6. The van der Waals surface area contributed by atoms with Crippen LogP contribution in [0.2, 0.25) is 0 Å². The molecule has 0 aromatic heterocycles. The van der Waals surface area contributed by atoms with Crippen molar-refractivity contribution in [2.75, 3.05) is 53.4 Å². The van der Waals surface area contributed by atoms with Gasteiger partial charge in [0.1, 0.15) is 0 Å². The van der Waals surface area contributed by atoms with Gasteiger partial charge in [-0.3, -0.25) is 0 Å². The molecule has 1 heterocycles. The summed E-state index contributed by atoms with van der Waals surface area (Å²) < 4.78 is 0. The number of hydrogen-bond donors (Lipinski definition) is 1. The van der Waals surface area contributed by atoms with Gasteiger partial charge >= 0.3 is 0 Å². The molecule has 0 aromatic rings. The topological polar surface area (TPSA) is 18.5 Å². The summed E-state index contributed by atoms with van der Waals surface area (Å²) in [6.45, 7) is 9.40. The predicted molar refractivity (Wildman–Crippen MR) is 66.3 cm³/mol. The third-order valence-corrected chi connectivity index (χ3v) is 3.37. The standard InChI is InChI=1S/C12H27N3/c1-4-14(2)9-7-13-10-12-6-5-8-15(3)11-12/h12-13H,4-11H2,1-3H3. The average Bonchev–Trinajstić information content (AvgIpc) is 2.24. The molecule has 1 unspecified atom stereocenters. The lowest BCUT2D eigenvalue weighted by Crippen LogP contribution is -2.39. The lowest BCUT2D eigenvalue weighted by atomic mass is 9.98. The molecule has 3 heteroatoms. The molecule has 3 nitrogen and oxygen atoms in total. The Morgan fingerprint density at radius 3 is 2.93 bits per heavy atom. The first-order valence-corrected chi connectivity index (χ1v) is 6.30. The van der Waals surface area contributed by atoms with Crippen LogP contribution in [0.5, 0.6) is 0 Å². The van der Waals surface area contributed by atoms with Gasteiger partial charge in [0.15, 0.2) is 0 Å². The van der Waals surface area contributed by atoms with Crippen LogP contribution in [0.1, 0.15) is 19.8 Å². The zero-order valence-corrected chi connectivity index (χ0v) is 10.6. The van der Waals surface area contributed by atoms with Gasteiger partial charge in [-0.05, 0) is 52.5 Å². The second-order valence-corrected chi connectivity index (χ2v) is 4.87. The van der Waals surface area contributed by atoms with Crippen molar-refractivity contribution in [1.29, 1.82) is 0 Å². The first-order valence-electron chi connectivity index (χ1n) is 6.30. The van der Waals surface area contributed by atoms with Crippen LogP contribution < -0.4 is 5.32 Å². The predicted octanol–water partition coefficient (Wildman–Crippen LogP) is 0.870. The van der Waals surface area contributed by atoms with E-state index in [9.17, 15) is 0 Å². The van der Waals surface area contributed by atoms with Crippen LogP contribution in [0.4, 0.5) is 0 Å². The Hall–Kier alpha value is -0.120. The summed E-state index contributed by atoms with van der Waals surface area (Å²) in [5.41, 5.74) is 0. The molecule has 1 saturated heterocycles. The maximum atomic E-state index is 3.57. The number of nitrogens with one attached hydrogen (secondary N) is 1. The Labute approximate surface area is 94.8 Å². The summed E-state index contributed by atoms with van der Waals surface area (Å²) in [6, 6.07) is 0. The van der Waals surface area contributed by atoms with E-state index in [1.807, 2.05) is 0 Å². The zero-order valence-electron chi connectivity index (χ0n) is 10.6. The maximum absolute atomic E-state index is 3.57. The van der Waals surface area contributed by atoms with Crippen molar-refractivity contribution in [3.63, 3.8) is 0 Å². The molecule has 0 amide bonds. The van der Waals surface area contributed by atoms with E-state index in [2.05, 4.69) is 36.1 Å². The van der Waals surface area contributed by atoms with E-state index < -0.39 is 0 Å². The van der Waals surface area contributed by atoms with Crippen LogP contribution >= 0.6 is 0 Å². The van der Waals surface area contributed by atoms with Gasteiger partial charge in [0.25, 0.3) is 0 Å². The summed E-state index contributed by atoms with van der Waals surface area (Å²) in [5, 5.41) is 3.57. The van der Waals surface area contributed by atoms with Crippen LogP contribution in [0, 0.1) is 5.92 Å². The summed E-state index contributed by atoms with van der Waals surface area (Å²) >= 11 is 0. The van der Waals surface area contributed by atoms with Crippen molar-refractivity contribution in [2.45, 2.75) is 19.8 Å². The minimum absolute atomic E-state index is 0.871. The van der Waals surface area contributed by atoms with Gasteiger partial charge in [-0.15, -0.1) is 0 Å². The van der Waals surface area contributed by atoms with Crippen molar-refractivity contribution in [2.24, 2.45) is 5.92 Å². The summed E-state index contributed by atoms with van der Waals surface area (Å²) in [7, 11) is 4.41. The molecule has 90 valence electrons. The van der Waals surface area contributed by atoms with Crippen LogP contribution in [0.3, 0.4) is 0 Å². The normalized spacial score (nSPS) is 23.6. The molecule has 0 radical (unpaired) electrons. The fourth-order valence-corrected chi connectivity index (χ4v) is 2.17. The Bertz CT molecular complexity index is 161. The number of hydrogen-bond acceptors (Lipinski definition) is 3. The molecule has 1 rings (SSSR count).